The summed E-state index contributed by atoms with van der Waals surface area (Å²) in [6.45, 7) is 6.67. The molecule has 12 heavy (non-hydrogen) atoms. The zero-order chi connectivity index (χ0) is 9.45. The minimum Gasteiger partial charge on any atom is -0.236 e. The molecule has 0 saturated heterocycles. The van der Waals surface area contributed by atoms with Gasteiger partial charge in [0.2, 0.25) is 0 Å². The molecule has 2 nitrogen and oxygen atoms in total. The van der Waals surface area contributed by atoms with E-state index < -0.39 is 0 Å². The van der Waals surface area contributed by atoms with Crippen molar-refractivity contribution in [1.29, 1.82) is 0 Å². The largest absolute Gasteiger partial charge is 0.236 e. The zero-order valence-corrected chi connectivity index (χ0v) is 10.4. The van der Waals surface area contributed by atoms with Crippen molar-refractivity contribution in [3.8, 4) is 0 Å². The second-order valence-corrected chi connectivity index (χ2v) is 4.85. The summed E-state index contributed by atoms with van der Waals surface area (Å²) in [6, 6.07) is 0. The Morgan fingerprint density at radius 1 is 1.08 bits per heavy atom. The third-order valence-electron chi connectivity index (χ3n) is 1.17. The standard InChI is InChI=1S/C9H19IO2/c1-9(2,3)12-11-8-6-4-5-7-10/h4-8H2,1-3H3. The fourth-order valence-electron chi connectivity index (χ4n) is 0.651. The van der Waals surface area contributed by atoms with Crippen molar-refractivity contribution >= 4 is 22.6 Å². The first-order chi connectivity index (χ1) is 5.56. The van der Waals surface area contributed by atoms with Gasteiger partial charge in [0.15, 0.2) is 0 Å². The van der Waals surface area contributed by atoms with E-state index in [1.807, 2.05) is 20.8 Å². The molecule has 0 fully saturated rings. The number of unbranched alkanes of at least 4 members (excludes halogenated alkanes) is 2. The van der Waals surface area contributed by atoms with Crippen LogP contribution in [0.1, 0.15) is 40.0 Å². The van der Waals surface area contributed by atoms with Gasteiger partial charge in [-0.2, -0.15) is 0 Å². The van der Waals surface area contributed by atoms with Crippen LogP contribution in [-0.4, -0.2) is 16.6 Å². The first-order valence-corrected chi connectivity index (χ1v) is 5.95. The van der Waals surface area contributed by atoms with Gasteiger partial charge in [-0.1, -0.05) is 29.0 Å². The van der Waals surface area contributed by atoms with Crippen LogP contribution in [0.25, 0.3) is 0 Å². The van der Waals surface area contributed by atoms with E-state index in [1.165, 1.54) is 17.3 Å². The van der Waals surface area contributed by atoms with Gasteiger partial charge in [-0.15, -0.1) is 0 Å². The molecule has 0 aromatic heterocycles. The lowest BCUT2D eigenvalue weighted by atomic mass is 10.2. The van der Waals surface area contributed by atoms with E-state index in [2.05, 4.69) is 22.6 Å². The smallest absolute Gasteiger partial charge is 0.0952 e. The van der Waals surface area contributed by atoms with Crippen molar-refractivity contribution in [2.45, 2.75) is 45.6 Å². The van der Waals surface area contributed by atoms with Gasteiger partial charge in [0.1, 0.15) is 0 Å². The minimum atomic E-state index is -0.177. The van der Waals surface area contributed by atoms with E-state index in [0.29, 0.717) is 6.61 Å². The molecule has 0 aromatic carbocycles. The van der Waals surface area contributed by atoms with Crippen LogP contribution < -0.4 is 0 Å². The predicted molar refractivity (Wildman–Crippen MR) is 59.5 cm³/mol. The zero-order valence-electron chi connectivity index (χ0n) is 8.23. The average molecular weight is 286 g/mol. The topological polar surface area (TPSA) is 18.5 Å². The van der Waals surface area contributed by atoms with Gasteiger partial charge in [-0.05, 0) is 38.0 Å². The van der Waals surface area contributed by atoms with Gasteiger partial charge in [-0.3, -0.25) is 0 Å². The molecule has 0 aliphatic carbocycles. The quantitative estimate of drug-likeness (QED) is 0.245. The maximum absolute atomic E-state index is 5.11. The van der Waals surface area contributed by atoms with Crippen molar-refractivity contribution in [2.75, 3.05) is 11.0 Å². The molecule has 0 heterocycles. The Morgan fingerprint density at radius 3 is 2.25 bits per heavy atom. The van der Waals surface area contributed by atoms with E-state index in [9.17, 15) is 0 Å². The van der Waals surface area contributed by atoms with Crippen molar-refractivity contribution in [3.05, 3.63) is 0 Å². The first-order valence-electron chi connectivity index (χ1n) is 4.43. The molecular formula is C9H19IO2. The molecule has 0 radical (unpaired) electrons. The van der Waals surface area contributed by atoms with Gasteiger partial charge < -0.3 is 0 Å². The third-order valence-corrected chi connectivity index (χ3v) is 1.93. The molecule has 0 amide bonds. The maximum atomic E-state index is 5.11. The molecule has 0 atom stereocenters. The van der Waals surface area contributed by atoms with Gasteiger partial charge in [-0.25, -0.2) is 9.78 Å². The summed E-state index contributed by atoms with van der Waals surface area (Å²) in [4.78, 5) is 10.1. The molecule has 0 N–H and O–H groups in total. The van der Waals surface area contributed by atoms with Crippen molar-refractivity contribution in [1.82, 2.24) is 0 Å². The lowest BCUT2D eigenvalue weighted by molar-refractivity contribution is -0.348. The molecular weight excluding hydrogens is 267 g/mol. The highest BCUT2D eigenvalue weighted by atomic mass is 127. The van der Waals surface area contributed by atoms with E-state index >= 15 is 0 Å². The molecule has 0 aliphatic rings. The van der Waals surface area contributed by atoms with E-state index in [0.717, 1.165) is 6.42 Å². The van der Waals surface area contributed by atoms with Crippen LogP contribution in [0.5, 0.6) is 0 Å². The predicted octanol–water partition coefficient (Wildman–Crippen LogP) is 3.34. The highest BCUT2D eigenvalue weighted by Gasteiger charge is 2.10. The number of hydrogen-bond acceptors (Lipinski definition) is 2. The Kier molecular flexibility index (Phi) is 7.48. The summed E-state index contributed by atoms with van der Waals surface area (Å²) < 4.78 is 1.23. The first kappa shape index (κ1) is 12.7. The van der Waals surface area contributed by atoms with Gasteiger partial charge in [0.05, 0.1) is 12.2 Å². The Hall–Kier alpha value is 0.650. The monoisotopic (exact) mass is 286 g/mol. The molecule has 0 aliphatic heterocycles. The molecule has 3 heteroatoms. The Bertz CT molecular complexity index is 99.2. The van der Waals surface area contributed by atoms with Crippen molar-refractivity contribution in [2.24, 2.45) is 0 Å². The number of hydrogen-bond donors (Lipinski definition) is 0. The fraction of sp³-hybridized carbons (Fsp3) is 1.00. The second kappa shape index (κ2) is 7.09. The Labute approximate surface area is 89.1 Å². The van der Waals surface area contributed by atoms with E-state index in [4.69, 9.17) is 9.78 Å². The van der Waals surface area contributed by atoms with Crippen LogP contribution in [0.15, 0.2) is 0 Å². The number of alkyl halides is 1. The van der Waals surface area contributed by atoms with Crippen molar-refractivity contribution in [3.63, 3.8) is 0 Å². The third kappa shape index (κ3) is 10.7. The molecule has 0 unspecified atom stereocenters. The molecule has 74 valence electrons. The fourth-order valence-corrected chi connectivity index (χ4v) is 1.19. The van der Waals surface area contributed by atoms with Gasteiger partial charge >= 0.3 is 0 Å². The number of rotatable bonds is 6. The summed E-state index contributed by atoms with van der Waals surface area (Å²) in [5, 5.41) is 0. The average Bonchev–Trinajstić information content (AvgIpc) is 1.94. The molecule has 0 aromatic rings. The van der Waals surface area contributed by atoms with Crippen LogP contribution in [-0.2, 0) is 9.78 Å². The lowest BCUT2D eigenvalue weighted by Crippen LogP contribution is -2.19. The SMILES string of the molecule is CC(C)(C)OOCCCCCI. The van der Waals surface area contributed by atoms with Crippen molar-refractivity contribution < 1.29 is 9.78 Å². The summed E-state index contributed by atoms with van der Waals surface area (Å²) in [5.74, 6) is 0. The van der Waals surface area contributed by atoms with Crippen LogP contribution in [0.4, 0.5) is 0 Å². The summed E-state index contributed by atoms with van der Waals surface area (Å²) in [7, 11) is 0. The van der Waals surface area contributed by atoms with Gasteiger partial charge in [0.25, 0.3) is 0 Å². The highest BCUT2D eigenvalue weighted by Crippen LogP contribution is 2.07. The molecule has 0 rings (SSSR count). The molecule has 0 saturated carbocycles. The van der Waals surface area contributed by atoms with Crippen LogP contribution in [0.2, 0.25) is 0 Å². The summed E-state index contributed by atoms with van der Waals surface area (Å²) >= 11 is 2.39. The summed E-state index contributed by atoms with van der Waals surface area (Å²) in [6.07, 6.45) is 3.61. The number of halogens is 1. The van der Waals surface area contributed by atoms with E-state index in [1.54, 1.807) is 0 Å². The lowest BCUT2D eigenvalue weighted by Gasteiger charge is -2.17. The normalized spacial score (nSPS) is 12.0. The molecule has 0 spiro atoms. The maximum Gasteiger partial charge on any atom is 0.0952 e. The highest BCUT2D eigenvalue weighted by molar-refractivity contribution is 14.1. The van der Waals surface area contributed by atoms with Crippen LogP contribution in [0.3, 0.4) is 0 Å². The second-order valence-electron chi connectivity index (χ2n) is 3.77. The molecule has 0 bridgehead atoms. The minimum absolute atomic E-state index is 0.177. The van der Waals surface area contributed by atoms with E-state index in [-0.39, 0.29) is 5.60 Å². The van der Waals surface area contributed by atoms with Gasteiger partial charge in [0, 0.05) is 0 Å². The summed E-state index contributed by atoms with van der Waals surface area (Å²) in [5.41, 5.74) is -0.177. The van der Waals surface area contributed by atoms with Crippen LogP contribution in [0, 0.1) is 0 Å². The Morgan fingerprint density at radius 2 is 1.75 bits per heavy atom. The Balaban J connectivity index is 3.01. The van der Waals surface area contributed by atoms with Crippen LogP contribution >= 0.6 is 22.6 Å².